The summed E-state index contributed by atoms with van der Waals surface area (Å²) in [6, 6.07) is 10.7. The van der Waals surface area contributed by atoms with Crippen LogP contribution >= 0.6 is 0 Å². The molecule has 0 amide bonds. The minimum atomic E-state index is -0.122. The highest BCUT2D eigenvalue weighted by Gasteiger charge is 2.46. The van der Waals surface area contributed by atoms with Gasteiger partial charge in [0.25, 0.3) is 0 Å². The zero-order chi connectivity index (χ0) is 18.3. The van der Waals surface area contributed by atoms with Crippen molar-refractivity contribution in [1.82, 2.24) is 0 Å². The van der Waals surface area contributed by atoms with Gasteiger partial charge in [0, 0.05) is 5.92 Å². The summed E-state index contributed by atoms with van der Waals surface area (Å²) in [5, 5.41) is 0. The van der Waals surface area contributed by atoms with Crippen LogP contribution < -0.4 is 0 Å². The van der Waals surface area contributed by atoms with Crippen molar-refractivity contribution < 1.29 is 14.3 Å². The van der Waals surface area contributed by atoms with Crippen molar-refractivity contribution in [3.8, 4) is 0 Å². The Morgan fingerprint density at radius 1 is 1.12 bits per heavy atom. The van der Waals surface area contributed by atoms with Crippen LogP contribution in [-0.4, -0.2) is 24.3 Å². The molecule has 1 aromatic rings. The summed E-state index contributed by atoms with van der Waals surface area (Å²) in [6.45, 7) is 6.87. The Bertz CT molecular complexity index is 678. The molecule has 2 bridgehead atoms. The third-order valence-corrected chi connectivity index (χ3v) is 6.80. The van der Waals surface area contributed by atoms with Crippen LogP contribution in [0.4, 0.5) is 0 Å². The van der Waals surface area contributed by atoms with Gasteiger partial charge in [0.05, 0.1) is 18.1 Å². The van der Waals surface area contributed by atoms with Crippen LogP contribution in [0.25, 0.3) is 0 Å². The molecule has 0 N–H and O–H groups in total. The van der Waals surface area contributed by atoms with Gasteiger partial charge in [-0.3, -0.25) is 4.79 Å². The van der Waals surface area contributed by atoms with Crippen molar-refractivity contribution in [2.24, 2.45) is 17.8 Å². The molecular weight excluding hydrogens is 324 g/mol. The van der Waals surface area contributed by atoms with Gasteiger partial charge in [0.2, 0.25) is 0 Å². The highest BCUT2D eigenvalue weighted by Crippen LogP contribution is 2.44. The number of esters is 1. The summed E-state index contributed by atoms with van der Waals surface area (Å²) < 4.78 is 11.9. The molecule has 0 radical (unpaired) electrons. The number of rotatable bonds is 4. The fourth-order valence-electron chi connectivity index (χ4n) is 5.11. The SMILES string of the molecule is C[C@@H]1CC[C@@H](C(C)(C)c2ccccc2)[C@H](OC(=O)[C@@H]2C[C@@H]3C=C[C@H]2O3)C1. The van der Waals surface area contributed by atoms with E-state index in [1.165, 1.54) is 12.0 Å². The molecule has 3 heteroatoms. The lowest BCUT2D eigenvalue weighted by Gasteiger charge is -2.44. The summed E-state index contributed by atoms with van der Waals surface area (Å²) in [4.78, 5) is 12.9. The zero-order valence-electron chi connectivity index (χ0n) is 16.1. The minimum Gasteiger partial charge on any atom is -0.462 e. The molecule has 2 heterocycles. The van der Waals surface area contributed by atoms with Gasteiger partial charge in [0.15, 0.2) is 0 Å². The van der Waals surface area contributed by atoms with Crippen molar-refractivity contribution in [2.75, 3.05) is 0 Å². The molecule has 1 saturated heterocycles. The van der Waals surface area contributed by atoms with E-state index in [0.717, 1.165) is 19.3 Å². The number of hydrogen-bond acceptors (Lipinski definition) is 3. The molecule has 1 aliphatic carbocycles. The van der Waals surface area contributed by atoms with E-state index < -0.39 is 0 Å². The normalized spacial score (nSPS) is 36.3. The molecule has 2 fully saturated rings. The van der Waals surface area contributed by atoms with E-state index in [-0.39, 0.29) is 35.6 Å². The summed E-state index contributed by atoms with van der Waals surface area (Å²) in [5.41, 5.74) is 1.31. The monoisotopic (exact) mass is 354 g/mol. The predicted molar refractivity (Wildman–Crippen MR) is 102 cm³/mol. The number of benzene rings is 1. The zero-order valence-corrected chi connectivity index (χ0v) is 16.1. The van der Waals surface area contributed by atoms with Gasteiger partial charge in [-0.05, 0) is 36.2 Å². The highest BCUT2D eigenvalue weighted by atomic mass is 16.6. The van der Waals surface area contributed by atoms with Crippen LogP contribution in [0.1, 0.15) is 52.0 Å². The molecule has 2 aliphatic heterocycles. The van der Waals surface area contributed by atoms with Crippen LogP contribution in [0.2, 0.25) is 0 Å². The number of ether oxygens (including phenoxy) is 2. The van der Waals surface area contributed by atoms with E-state index in [4.69, 9.17) is 9.47 Å². The lowest BCUT2D eigenvalue weighted by molar-refractivity contribution is -0.162. The predicted octanol–water partition coefficient (Wildman–Crippen LogP) is 4.66. The summed E-state index contributed by atoms with van der Waals surface area (Å²) >= 11 is 0. The Kier molecular flexibility index (Phi) is 4.68. The van der Waals surface area contributed by atoms with Gasteiger partial charge < -0.3 is 9.47 Å². The third kappa shape index (κ3) is 3.22. The Morgan fingerprint density at radius 3 is 2.54 bits per heavy atom. The van der Waals surface area contributed by atoms with Gasteiger partial charge in [0.1, 0.15) is 6.10 Å². The first kappa shape index (κ1) is 17.8. The smallest absolute Gasteiger partial charge is 0.312 e. The van der Waals surface area contributed by atoms with E-state index in [2.05, 4.69) is 57.2 Å². The standard InChI is InChI=1S/C23H30O3/c1-15-9-11-19(23(2,3)16-7-5-4-6-8-16)21(13-15)26-22(24)18-14-17-10-12-20(18)25-17/h4-8,10,12,15,17-21H,9,11,13-14H2,1-3H3/t15-,17+,18-,19-,20-,21-/m1/s1. The highest BCUT2D eigenvalue weighted by molar-refractivity contribution is 5.74. The Morgan fingerprint density at radius 2 is 1.88 bits per heavy atom. The molecule has 0 aromatic heterocycles. The second-order valence-corrected chi connectivity index (χ2v) is 8.95. The molecule has 140 valence electrons. The Labute approximate surface area is 156 Å². The van der Waals surface area contributed by atoms with Gasteiger partial charge in [-0.1, -0.05) is 69.7 Å². The first-order valence-corrected chi connectivity index (χ1v) is 10.0. The molecule has 1 saturated carbocycles. The fraction of sp³-hybridized carbons (Fsp3) is 0.609. The lowest BCUT2D eigenvalue weighted by atomic mass is 9.64. The molecule has 0 spiro atoms. The van der Waals surface area contributed by atoms with E-state index in [0.29, 0.717) is 11.8 Å². The van der Waals surface area contributed by atoms with Crippen LogP contribution in [0, 0.1) is 17.8 Å². The van der Waals surface area contributed by atoms with Gasteiger partial charge >= 0.3 is 5.97 Å². The van der Waals surface area contributed by atoms with Gasteiger partial charge in [-0.25, -0.2) is 0 Å². The maximum atomic E-state index is 12.9. The van der Waals surface area contributed by atoms with E-state index in [1.807, 2.05) is 6.08 Å². The van der Waals surface area contributed by atoms with Crippen molar-refractivity contribution >= 4 is 5.97 Å². The number of hydrogen-bond donors (Lipinski definition) is 0. The van der Waals surface area contributed by atoms with Crippen molar-refractivity contribution in [3.05, 3.63) is 48.0 Å². The summed E-state index contributed by atoms with van der Waals surface area (Å²) in [5.74, 6) is 0.768. The molecule has 1 aromatic carbocycles. The first-order chi connectivity index (χ1) is 12.4. The number of carbonyl (C=O) groups excluding carboxylic acids is 1. The van der Waals surface area contributed by atoms with E-state index in [9.17, 15) is 4.79 Å². The lowest BCUT2D eigenvalue weighted by Crippen LogP contribution is -2.44. The van der Waals surface area contributed by atoms with Crippen molar-refractivity contribution in [1.29, 1.82) is 0 Å². The van der Waals surface area contributed by atoms with Gasteiger partial charge in [-0.2, -0.15) is 0 Å². The number of fused-ring (bicyclic) bond motifs is 2. The van der Waals surface area contributed by atoms with Gasteiger partial charge in [-0.15, -0.1) is 0 Å². The van der Waals surface area contributed by atoms with Crippen molar-refractivity contribution in [2.45, 2.75) is 70.2 Å². The first-order valence-electron chi connectivity index (χ1n) is 10.0. The molecule has 6 atom stereocenters. The second kappa shape index (κ2) is 6.84. The topological polar surface area (TPSA) is 35.5 Å². The van der Waals surface area contributed by atoms with E-state index >= 15 is 0 Å². The molecule has 4 rings (SSSR count). The second-order valence-electron chi connectivity index (χ2n) is 8.95. The average Bonchev–Trinajstić information content (AvgIpc) is 3.26. The summed E-state index contributed by atoms with van der Waals surface area (Å²) in [7, 11) is 0. The molecule has 0 unspecified atom stereocenters. The largest absolute Gasteiger partial charge is 0.462 e. The number of carbonyl (C=O) groups is 1. The van der Waals surface area contributed by atoms with Crippen LogP contribution in [0.5, 0.6) is 0 Å². The molecule has 3 aliphatic rings. The van der Waals surface area contributed by atoms with Crippen molar-refractivity contribution in [3.63, 3.8) is 0 Å². The average molecular weight is 354 g/mol. The van der Waals surface area contributed by atoms with Crippen LogP contribution in [0.15, 0.2) is 42.5 Å². The Hall–Kier alpha value is -1.61. The fourth-order valence-corrected chi connectivity index (χ4v) is 5.11. The minimum absolute atomic E-state index is 0.00966. The molecular formula is C23H30O3. The third-order valence-electron chi connectivity index (χ3n) is 6.80. The van der Waals surface area contributed by atoms with Crippen LogP contribution in [0.3, 0.4) is 0 Å². The molecule has 3 nitrogen and oxygen atoms in total. The summed E-state index contributed by atoms with van der Waals surface area (Å²) in [6.07, 6.45) is 8.16. The molecule has 26 heavy (non-hydrogen) atoms. The van der Waals surface area contributed by atoms with Crippen LogP contribution in [-0.2, 0) is 19.7 Å². The Balaban J connectivity index is 1.52. The quantitative estimate of drug-likeness (QED) is 0.583. The maximum absolute atomic E-state index is 12.9. The van der Waals surface area contributed by atoms with E-state index in [1.54, 1.807) is 0 Å². The maximum Gasteiger partial charge on any atom is 0.312 e.